The van der Waals surface area contributed by atoms with E-state index in [4.69, 9.17) is 27.9 Å². The molecule has 2 aromatic carbocycles. The molecule has 3 aliphatic rings. The molecule has 174 valence electrons. The lowest BCUT2D eigenvalue weighted by Crippen LogP contribution is -2.61. The minimum atomic E-state index is -0.491. The molecular formula is C27H30Cl2N2O2. The first kappa shape index (κ1) is 22.8. The molecule has 2 fully saturated rings. The molecule has 6 heteroatoms. The van der Waals surface area contributed by atoms with Crippen molar-refractivity contribution in [1.82, 2.24) is 10.2 Å². The van der Waals surface area contributed by atoms with E-state index in [9.17, 15) is 4.79 Å². The average molecular weight is 485 g/mol. The molecule has 0 spiro atoms. The first-order chi connectivity index (χ1) is 16.0. The Hall–Kier alpha value is -2.01. The van der Waals surface area contributed by atoms with Crippen molar-refractivity contribution < 1.29 is 9.53 Å². The molecule has 1 N–H and O–H groups in total. The van der Waals surface area contributed by atoms with Gasteiger partial charge in [0.2, 0.25) is 5.91 Å². The van der Waals surface area contributed by atoms with E-state index in [1.54, 1.807) is 7.11 Å². The Morgan fingerprint density at radius 2 is 1.88 bits per heavy atom. The fourth-order valence-electron chi connectivity index (χ4n) is 6.45. The second-order valence-corrected chi connectivity index (χ2v) is 10.3. The van der Waals surface area contributed by atoms with Gasteiger partial charge in [0.25, 0.3) is 0 Å². The summed E-state index contributed by atoms with van der Waals surface area (Å²) in [5.41, 5.74) is 1.89. The van der Waals surface area contributed by atoms with Gasteiger partial charge in [0.15, 0.2) is 0 Å². The summed E-state index contributed by atoms with van der Waals surface area (Å²) in [6.07, 6.45) is 8.37. The van der Waals surface area contributed by atoms with Crippen molar-refractivity contribution in [3.8, 4) is 5.75 Å². The van der Waals surface area contributed by atoms with Crippen molar-refractivity contribution in [2.75, 3.05) is 26.7 Å². The molecule has 0 radical (unpaired) electrons. The number of halogens is 2. The maximum absolute atomic E-state index is 13.5. The number of hydrogen-bond acceptors (Lipinski definition) is 3. The average Bonchev–Trinajstić information content (AvgIpc) is 3.00. The molecule has 1 saturated heterocycles. The molecule has 2 aliphatic heterocycles. The van der Waals surface area contributed by atoms with Gasteiger partial charge in [-0.1, -0.05) is 53.6 Å². The summed E-state index contributed by atoms with van der Waals surface area (Å²) in [6.45, 7) is 2.45. The predicted molar refractivity (Wildman–Crippen MR) is 133 cm³/mol. The Morgan fingerprint density at radius 1 is 1.09 bits per heavy atom. The largest absolute Gasteiger partial charge is 0.496 e. The molecule has 0 aromatic heterocycles. The topological polar surface area (TPSA) is 41.6 Å². The molecular weight excluding hydrogens is 455 g/mol. The molecule has 1 aliphatic carbocycles. The molecule has 5 rings (SSSR count). The van der Waals surface area contributed by atoms with E-state index in [0.717, 1.165) is 55.1 Å². The van der Waals surface area contributed by atoms with Crippen LogP contribution in [0.1, 0.15) is 48.6 Å². The number of amides is 1. The van der Waals surface area contributed by atoms with E-state index in [2.05, 4.69) is 40.6 Å². The first-order valence-electron chi connectivity index (χ1n) is 11.8. The maximum Gasteiger partial charge on any atom is 0.240 e. The van der Waals surface area contributed by atoms with Gasteiger partial charge in [0.1, 0.15) is 11.3 Å². The number of fused-ring (bicyclic) bond motifs is 1. The van der Waals surface area contributed by atoms with E-state index >= 15 is 0 Å². The van der Waals surface area contributed by atoms with Gasteiger partial charge < -0.3 is 10.1 Å². The molecule has 33 heavy (non-hydrogen) atoms. The van der Waals surface area contributed by atoms with Crippen molar-refractivity contribution in [3.63, 3.8) is 0 Å². The van der Waals surface area contributed by atoms with Gasteiger partial charge >= 0.3 is 0 Å². The zero-order chi connectivity index (χ0) is 23.0. The Morgan fingerprint density at radius 3 is 2.67 bits per heavy atom. The number of benzene rings is 2. The summed E-state index contributed by atoms with van der Waals surface area (Å²) < 4.78 is 5.77. The summed E-state index contributed by atoms with van der Waals surface area (Å²) in [7, 11) is 1.70. The number of ether oxygens (including phenoxy) is 1. The summed E-state index contributed by atoms with van der Waals surface area (Å²) >= 11 is 12.5. The van der Waals surface area contributed by atoms with E-state index in [1.807, 2.05) is 24.3 Å². The van der Waals surface area contributed by atoms with Crippen LogP contribution in [0.4, 0.5) is 0 Å². The molecule has 1 amide bonds. The third-order valence-electron chi connectivity index (χ3n) is 7.90. The fourth-order valence-corrected chi connectivity index (χ4v) is 6.74. The number of nitrogens with one attached hydrogen (secondary N) is 1. The SMILES string of the molecule is COc1cc(Cl)ccc1[C@@H]1CC[C@@]2(N3CC=CCCC3)C(=O)NC[C@H]2[C@H]1c1ccc(Cl)cc1. The highest BCUT2D eigenvalue weighted by atomic mass is 35.5. The third-order valence-corrected chi connectivity index (χ3v) is 8.39. The van der Waals surface area contributed by atoms with Gasteiger partial charge in [-0.2, -0.15) is 0 Å². The smallest absolute Gasteiger partial charge is 0.240 e. The van der Waals surface area contributed by atoms with E-state index < -0.39 is 5.54 Å². The Bertz CT molecular complexity index is 1050. The number of nitrogens with zero attached hydrogens (tertiary/aromatic N) is 1. The second-order valence-electron chi connectivity index (χ2n) is 9.41. The van der Waals surface area contributed by atoms with Gasteiger partial charge in [0.05, 0.1) is 7.11 Å². The zero-order valence-electron chi connectivity index (χ0n) is 18.9. The van der Waals surface area contributed by atoms with Crippen molar-refractivity contribution in [2.45, 2.75) is 43.1 Å². The van der Waals surface area contributed by atoms with Crippen LogP contribution >= 0.6 is 23.2 Å². The molecule has 4 nitrogen and oxygen atoms in total. The molecule has 0 unspecified atom stereocenters. The third kappa shape index (κ3) is 3.96. The number of hydrogen-bond donors (Lipinski definition) is 1. The lowest BCUT2D eigenvalue weighted by Gasteiger charge is -2.51. The minimum Gasteiger partial charge on any atom is -0.496 e. The predicted octanol–water partition coefficient (Wildman–Crippen LogP) is 5.80. The number of carbonyl (C=O) groups excluding carboxylic acids is 1. The van der Waals surface area contributed by atoms with Crippen LogP contribution in [0, 0.1) is 5.92 Å². The van der Waals surface area contributed by atoms with E-state index in [-0.39, 0.29) is 23.7 Å². The summed E-state index contributed by atoms with van der Waals surface area (Å²) in [5, 5.41) is 4.64. The van der Waals surface area contributed by atoms with Gasteiger partial charge in [-0.25, -0.2) is 0 Å². The van der Waals surface area contributed by atoms with Crippen LogP contribution in [0.3, 0.4) is 0 Å². The minimum absolute atomic E-state index is 0.150. The Kier molecular flexibility index (Phi) is 6.43. The number of methoxy groups -OCH3 is 1. The lowest BCUT2D eigenvalue weighted by molar-refractivity contribution is -0.134. The Balaban J connectivity index is 1.63. The van der Waals surface area contributed by atoms with Crippen LogP contribution in [0.25, 0.3) is 0 Å². The zero-order valence-corrected chi connectivity index (χ0v) is 20.4. The van der Waals surface area contributed by atoms with Gasteiger partial charge in [-0.15, -0.1) is 0 Å². The standard InChI is InChI=1S/C27H30Cl2N2O2/c1-33-24-16-20(29)10-11-21(24)22-12-13-27(31-14-4-2-3-5-15-31)23(17-30-26(27)32)25(22)18-6-8-19(28)9-7-18/h2,4,6-11,16,22-23,25H,3,5,12-15,17H2,1H3,(H,30,32)/t22-,23-,25-,27-/m0/s1. The van der Waals surface area contributed by atoms with Gasteiger partial charge in [-0.05, 0) is 79.5 Å². The van der Waals surface area contributed by atoms with Crippen molar-refractivity contribution in [1.29, 1.82) is 0 Å². The quantitative estimate of drug-likeness (QED) is 0.557. The van der Waals surface area contributed by atoms with Crippen LogP contribution in [-0.4, -0.2) is 43.1 Å². The molecule has 2 heterocycles. The van der Waals surface area contributed by atoms with Crippen molar-refractivity contribution in [2.24, 2.45) is 5.92 Å². The van der Waals surface area contributed by atoms with Crippen molar-refractivity contribution in [3.05, 3.63) is 75.8 Å². The van der Waals surface area contributed by atoms with Crippen LogP contribution in [0.2, 0.25) is 10.0 Å². The van der Waals surface area contributed by atoms with E-state index in [1.165, 1.54) is 5.56 Å². The highest BCUT2D eigenvalue weighted by molar-refractivity contribution is 6.31. The van der Waals surface area contributed by atoms with Crippen LogP contribution in [0.15, 0.2) is 54.6 Å². The van der Waals surface area contributed by atoms with Crippen LogP contribution in [0.5, 0.6) is 5.75 Å². The highest BCUT2D eigenvalue weighted by Gasteiger charge is 2.60. The monoisotopic (exact) mass is 484 g/mol. The first-order valence-corrected chi connectivity index (χ1v) is 12.6. The van der Waals surface area contributed by atoms with Crippen molar-refractivity contribution >= 4 is 29.1 Å². The highest BCUT2D eigenvalue weighted by Crippen LogP contribution is 2.56. The number of rotatable bonds is 4. The van der Waals surface area contributed by atoms with Crippen LogP contribution in [-0.2, 0) is 4.79 Å². The van der Waals surface area contributed by atoms with Crippen LogP contribution < -0.4 is 10.1 Å². The summed E-state index contributed by atoms with van der Waals surface area (Å²) in [4.78, 5) is 16.0. The lowest BCUT2D eigenvalue weighted by atomic mass is 9.59. The van der Waals surface area contributed by atoms with E-state index in [0.29, 0.717) is 11.6 Å². The van der Waals surface area contributed by atoms with Gasteiger partial charge in [-0.3, -0.25) is 9.69 Å². The van der Waals surface area contributed by atoms with Gasteiger partial charge in [0, 0.05) is 29.1 Å². The number of carbonyl (C=O) groups is 1. The second kappa shape index (κ2) is 9.32. The molecule has 1 saturated carbocycles. The number of allylic oxidation sites excluding steroid dienone is 1. The Labute approximate surface area is 205 Å². The fraction of sp³-hybridized carbons (Fsp3) is 0.444. The normalized spacial score (nSPS) is 29.9. The maximum atomic E-state index is 13.5. The molecule has 2 aromatic rings. The summed E-state index contributed by atoms with van der Waals surface area (Å²) in [6, 6.07) is 14.1. The molecule has 0 bridgehead atoms. The summed E-state index contributed by atoms with van der Waals surface area (Å²) in [5.74, 6) is 1.51. The molecule has 4 atom stereocenters.